The van der Waals surface area contributed by atoms with E-state index >= 15 is 0 Å². The molecule has 144 valence electrons. The fourth-order valence-electron chi connectivity index (χ4n) is 3.65. The van der Waals surface area contributed by atoms with Crippen LogP contribution < -0.4 is 9.64 Å². The predicted molar refractivity (Wildman–Crippen MR) is 109 cm³/mol. The number of carbonyl (C=O) groups excluding carboxylic acids is 1. The largest absolute Gasteiger partial charge is 0.497 e. The molecule has 1 saturated heterocycles. The topological polar surface area (TPSA) is 50.6 Å². The van der Waals surface area contributed by atoms with Gasteiger partial charge in [-0.15, -0.1) is 0 Å². The van der Waals surface area contributed by atoms with Crippen molar-refractivity contribution in [2.45, 2.75) is 19.5 Å². The monoisotopic (exact) mass is 376 g/mol. The van der Waals surface area contributed by atoms with Gasteiger partial charge in [0.25, 0.3) is 0 Å². The lowest BCUT2D eigenvalue weighted by Crippen LogP contribution is -2.55. The molecule has 1 fully saturated rings. The predicted octanol–water partition coefficient (Wildman–Crippen LogP) is 3.12. The molecule has 6 nitrogen and oxygen atoms in total. The van der Waals surface area contributed by atoms with Gasteiger partial charge >= 0.3 is 0 Å². The standard InChI is InChI=1S/C22H24N4O2/c1-17-22(27)25(19-8-10-20(28-2)11-9-19)15-14-24(17)16-18-6-3-4-7-21(18)26-13-5-12-23-26/h3-13,17H,14-16H2,1-2H3. The molecule has 0 bridgehead atoms. The van der Waals surface area contributed by atoms with Crippen LogP contribution in [-0.2, 0) is 11.3 Å². The number of aromatic nitrogens is 2. The molecule has 0 aliphatic carbocycles. The van der Waals surface area contributed by atoms with Crippen LogP contribution in [0.3, 0.4) is 0 Å². The number of nitrogens with zero attached hydrogens (tertiary/aromatic N) is 4. The van der Waals surface area contributed by atoms with E-state index in [1.807, 2.05) is 65.2 Å². The van der Waals surface area contributed by atoms with Crippen LogP contribution in [0.2, 0.25) is 0 Å². The van der Waals surface area contributed by atoms with Gasteiger partial charge in [0.2, 0.25) is 5.91 Å². The van der Waals surface area contributed by atoms with Crippen LogP contribution >= 0.6 is 0 Å². The molecule has 0 radical (unpaired) electrons. The fourth-order valence-corrected chi connectivity index (χ4v) is 3.65. The van der Waals surface area contributed by atoms with Gasteiger partial charge in [-0.05, 0) is 48.9 Å². The van der Waals surface area contributed by atoms with Gasteiger partial charge in [0.05, 0.1) is 18.8 Å². The van der Waals surface area contributed by atoms with Crippen molar-refractivity contribution in [1.29, 1.82) is 0 Å². The molecule has 0 saturated carbocycles. The molecule has 0 spiro atoms. The van der Waals surface area contributed by atoms with E-state index in [0.717, 1.165) is 29.2 Å². The number of anilines is 1. The van der Waals surface area contributed by atoms with Crippen LogP contribution in [0.15, 0.2) is 67.0 Å². The van der Waals surface area contributed by atoms with Gasteiger partial charge in [0, 0.05) is 37.7 Å². The smallest absolute Gasteiger partial charge is 0.244 e. The summed E-state index contributed by atoms with van der Waals surface area (Å²) in [5.41, 5.74) is 3.11. The van der Waals surface area contributed by atoms with Crippen molar-refractivity contribution < 1.29 is 9.53 Å². The highest BCUT2D eigenvalue weighted by atomic mass is 16.5. The third-order valence-electron chi connectivity index (χ3n) is 5.28. The Balaban J connectivity index is 1.51. The number of para-hydroxylation sites is 1. The number of amides is 1. The number of hydrogen-bond acceptors (Lipinski definition) is 4. The number of piperazine rings is 1. The highest BCUT2D eigenvalue weighted by molar-refractivity contribution is 5.97. The molecule has 6 heteroatoms. The molecular weight excluding hydrogens is 352 g/mol. The zero-order chi connectivity index (χ0) is 19.5. The minimum atomic E-state index is -0.193. The Hall–Kier alpha value is -3.12. The minimum absolute atomic E-state index is 0.119. The second-order valence-corrected chi connectivity index (χ2v) is 6.91. The van der Waals surface area contributed by atoms with Crippen molar-refractivity contribution in [2.24, 2.45) is 0 Å². The van der Waals surface area contributed by atoms with E-state index in [1.165, 1.54) is 0 Å². The van der Waals surface area contributed by atoms with Gasteiger partial charge in [0.15, 0.2) is 0 Å². The number of benzene rings is 2. The van der Waals surface area contributed by atoms with Gasteiger partial charge in [-0.3, -0.25) is 9.69 Å². The third-order valence-corrected chi connectivity index (χ3v) is 5.28. The van der Waals surface area contributed by atoms with Crippen molar-refractivity contribution in [1.82, 2.24) is 14.7 Å². The van der Waals surface area contributed by atoms with Crippen molar-refractivity contribution in [3.05, 3.63) is 72.6 Å². The molecule has 2 aromatic carbocycles. The Bertz CT molecular complexity index is 937. The average molecular weight is 376 g/mol. The van der Waals surface area contributed by atoms with Crippen molar-refractivity contribution in [3.8, 4) is 11.4 Å². The molecule has 4 rings (SSSR count). The van der Waals surface area contributed by atoms with Gasteiger partial charge < -0.3 is 9.64 Å². The molecule has 28 heavy (non-hydrogen) atoms. The lowest BCUT2D eigenvalue weighted by atomic mass is 10.1. The van der Waals surface area contributed by atoms with E-state index in [1.54, 1.807) is 13.3 Å². The van der Waals surface area contributed by atoms with Crippen LogP contribution in [0, 0.1) is 0 Å². The lowest BCUT2D eigenvalue weighted by Gasteiger charge is -2.39. The second kappa shape index (κ2) is 7.86. The van der Waals surface area contributed by atoms with E-state index in [0.29, 0.717) is 13.1 Å². The number of hydrogen-bond donors (Lipinski definition) is 0. The summed E-state index contributed by atoms with van der Waals surface area (Å²) in [5.74, 6) is 0.908. The van der Waals surface area contributed by atoms with Crippen molar-refractivity contribution in [2.75, 3.05) is 25.1 Å². The van der Waals surface area contributed by atoms with Crippen LogP contribution in [0.1, 0.15) is 12.5 Å². The van der Waals surface area contributed by atoms with Crippen LogP contribution in [0.5, 0.6) is 5.75 Å². The summed E-state index contributed by atoms with van der Waals surface area (Å²) in [4.78, 5) is 17.1. The average Bonchev–Trinajstić information content (AvgIpc) is 3.27. The summed E-state index contributed by atoms with van der Waals surface area (Å²) < 4.78 is 7.08. The SMILES string of the molecule is COc1ccc(N2CCN(Cc3ccccc3-n3cccn3)C(C)C2=O)cc1. The lowest BCUT2D eigenvalue weighted by molar-refractivity contribution is -0.125. The minimum Gasteiger partial charge on any atom is -0.497 e. The van der Waals surface area contributed by atoms with Crippen LogP contribution in [0.4, 0.5) is 5.69 Å². The molecule has 1 amide bonds. The molecule has 2 heterocycles. The first kappa shape index (κ1) is 18.3. The van der Waals surface area contributed by atoms with Crippen molar-refractivity contribution >= 4 is 11.6 Å². The van der Waals surface area contributed by atoms with E-state index in [2.05, 4.69) is 22.1 Å². The fraction of sp³-hybridized carbons (Fsp3) is 0.273. The quantitative estimate of drug-likeness (QED) is 0.687. The first-order valence-electron chi connectivity index (χ1n) is 9.45. The Morgan fingerprint density at radius 3 is 2.57 bits per heavy atom. The summed E-state index contributed by atoms with van der Waals surface area (Å²) in [7, 11) is 1.64. The summed E-state index contributed by atoms with van der Waals surface area (Å²) in [6, 6.07) is 17.6. The molecule has 1 unspecified atom stereocenters. The van der Waals surface area contributed by atoms with Gasteiger partial charge in [-0.1, -0.05) is 18.2 Å². The molecular formula is C22H24N4O2. The van der Waals surface area contributed by atoms with Gasteiger partial charge in [0.1, 0.15) is 5.75 Å². The van der Waals surface area contributed by atoms with E-state index < -0.39 is 0 Å². The number of carbonyl (C=O) groups is 1. The van der Waals surface area contributed by atoms with Crippen LogP contribution in [0.25, 0.3) is 5.69 Å². The maximum Gasteiger partial charge on any atom is 0.244 e. The molecule has 1 aliphatic heterocycles. The zero-order valence-corrected chi connectivity index (χ0v) is 16.2. The Labute approximate surface area is 164 Å². The van der Waals surface area contributed by atoms with Crippen molar-refractivity contribution in [3.63, 3.8) is 0 Å². The summed E-state index contributed by atoms with van der Waals surface area (Å²) in [5, 5.41) is 4.35. The Kier molecular flexibility index (Phi) is 5.12. The van der Waals surface area contributed by atoms with Crippen LogP contribution in [-0.4, -0.2) is 46.8 Å². The van der Waals surface area contributed by atoms with Gasteiger partial charge in [-0.2, -0.15) is 5.10 Å². The zero-order valence-electron chi connectivity index (χ0n) is 16.2. The van der Waals surface area contributed by atoms with Gasteiger partial charge in [-0.25, -0.2) is 4.68 Å². The summed E-state index contributed by atoms with van der Waals surface area (Å²) in [6.45, 7) is 4.17. The molecule has 1 aliphatic rings. The van der Waals surface area contributed by atoms with E-state index in [9.17, 15) is 4.79 Å². The summed E-state index contributed by atoms with van der Waals surface area (Å²) >= 11 is 0. The molecule has 0 N–H and O–H groups in total. The number of rotatable bonds is 5. The molecule has 1 atom stereocenters. The third kappa shape index (κ3) is 3.51. The number of ether oxygens (including phenoxy) is 1. The first-order valence-corrected chi connectivity index (χ1v) is 9.45. The second-order valence-electron chi connectivity index (χ2n) is 6.91. The molecule has 1 aromatic heterocycles. The van der Waals surface area contributed by atoms with E-state index in [4.69, 9.17) is 4.74 Å². The first-order chi connectivity index (χ1) is 13.7. The number of methoxy groups -OCH3 is 1. The Morgan fingerprint density at radius 1 is 1.07 bits per heavy atom. The Morgan fingerprint density at radius 2 is 1.86 bits per heavy atom. The normalized spacial score (nSPS) is 17.7. The molecule has 3 aromatic rings. The maximum atomic E-state index is 13.0. The highest BCUT2D eigenvalue weighted by Crippen LogP contribution is 2.25. The maximum absolute atomic E-state index is 13.0. The van der Waals surface area contributed by atoms with E-state index in [-0.39, 0.29) is 11.9 Å². The highest BCUT2D eigenvalue weighted by Gasteiger charge is 2.32. The summed E-state index contributed by atoms with van der Waals surface area (Å²) in [6.07, 6.45) is 3.71.